The number of hydrogen-bond donors (Lipinski definition) is 1. The van der Waals surface area contributed by atoms with E-state index in [1.54, 1.807) is 17.5 Å². The summed E-state index contributed by atoms with van der Waals surface area (Å²) in [5, 5.41) is 24.9. The van der Waals surface area contributed by atoms with Gasteiger partial charge in [0, 0.05) is 61.9 Å². The van der Waals surface area contributed by atoms with Crippen LogP contribution in [0.4, 0.5) is 22.2 Å². The van der Waals surface area contributed by atoms with Crippen LogP contribution in [0.25, 0.3) is 11.3 Å². The highest BCUT2D eigenvalue weighted by Crippen LogP contribution is 2.33. The molecule has 0 aliphatic carbocycles. The zero-order valence-electron chi connectivity index (χ0n) is 21.0. The summed E-state index contributed by atoms with van der Waals surface area (Å²) in [6.45, 7) is 2.62. The Labute approximate surface area is 233 Å². The van der Waals surface area contributed by atoms with Gasteiger partial charge in [0.05, 0.1) is 20.4 Å². The Morgan fingerprint density at radius 3 is 2.35 bits per heavy atom. The summed E-state index contributed by atoms with van der Waals surface area (Å²) in [6, 6.07) is 19.7. The van der Waals surface area contributed by atoms with Crippen molar-refractivity contribution in [1.82, 2.24) is 9.88 Å². The predicted molar refractivity (Wildman–Crippen MR) is 152 cm³/mol. The first-order valence-electron chi connectivity index (χ1n) is 12.2. The van der Waals surface area contributed by atoms with Crippen LogP contribution in [-0.2, 0) is 16.6 Å². The summed E-state index contributed by atoms with van der Waals surface area (Å²) in [5.74, 6) is 0. The monoisotopic (exact) mass is 580 g/mol. The Bertz CT molecular complexity index is 1650. The van der Waals surface area contributed by atoms with Gasteiger partial charge in [-0.15, -0.1) is 11.3 Å². The fourth-order valence-corrected chi connectivity index (χ4v) is 6.49. The molecule has 206 valence electrons. The van der Waals surface area contributed by atoms with Crippen molar-refractivity contribution in [3.05, 3.63) is 104 Å². The van der Waals surface area contributed by atoms with Gasteiger partial charge in [-0.2, -0.15) is 0 Å². The van der Waals surface area contributed by atoms with E-state index in [0.717, 1.165) is 28.5 Å². The minimum atomic E-state index is -4.12. The predicted octanol–water partition coefficient (Wildman–Crippen LogP) is 4.75. The zero-order valence-corrected chi connectivity index (χ0v) is 22.7. The average molecular weight is 581 g/mol. The lowest BCUT2D eigenvalue weighted by atomic mass is 10.1. The van der Waals surface area contributed by atoms with Crippen LogP contribution in [0.5, 0.6) is 0 Å². The maximum atomic E-state index is 13.1. The van der Waals surface area contributed by atoms with Crippen molar-refractivity contribution in [3.8, 4) is 11.3 Å². The van der Waals surface area contributed by atoms with Gasteiger partial charge in [-0.05, 0) is 17.7 Å². The normalized spacial score (nSPS) is 14.2. The number of nitro benzene ring substituents is 2. The molecule has 1 fully saturated rings. The Hall–Kier alpha value is -4.40. The summed E-state index contributed by atoms with van der Waals surface area (Å²) in [7, 11) is -4.12. The van der Waals surface area contributed by atoms with E-state index in [1.807, 2.05) is 41.3 Å². The third-order valence-corrected chi connectivity index (χ3v) is 8.71. The Balaban J connectivity index is 1.28. The largest absolute Gasteiger partial charge is 0.363 e. The molecule has 0 amide bonds. The van der Waals surface area contributed by atoms with Crippen LogP contribution in [0.1, 0.15) is 5.56 Å². The summed E-state index contributed by atoms with van der Waals surface area (Å²) in [5.41, 5.74) is 2.33. The number of sulfonamides is 1. The van der Waals surface area contributed by atoms with Gasteiger partial charge in [0.1, 0.15) is 5.69 Å². The van der Waals surface area contributed by atoms with Crippen molar-refractivity contribution in [3.63, 3.8) is 0 Å². The van der Waals surface area contributed by atoms with Crippen LogP contribution in [0.2, 0.25) is 0 Å². The van der Waals surface area contributed by atoms with Crippen LogP contribution in [0.15, 0.2) is 83.1 Å². The fourth-order valence-electron chi connectivity index (χ4n) is 4.49. The summed E-state index contributed by atoms with van der Waals surface area (Å²) < 4.78 is 28.6. The quantitative estimate of drug-likeness (QED) is 0.218. The molecule has 12 nitrogen and oxygen atoms in total. The molecule has 0 spiro atoms. The van der Waals surface area contributed by atoms with Crippen molar-refractivity contribution in [2.45, 2.75) is 11.4 Å². The van der Waals surface area contributed by atoms with Crippen molar-refractivity contribution < 1.29 is 18.3 Å². The van der Waals surface area contributed by atoms with Crippen LogP contribution in [0.3, 0.4) is 0 Å². The van der Waals surface area contributed by atoms with Gasteiger partial charge >= 0.3 is 0 Å². The lowest BCUT2D eigenvalue weighted by Gasteiger charge is -2.35. The number of anilines is 2. The van der Waals surface area contributed by atoms with Gasteiger partial charge in [0.15, 0.2) is 5.13 Å². The third-order valence-electron chi connectivity index (χ3n) is 6.49. The summed E-state index contributed by atoms with van der Waals surface area (Å²) >= 11 is 1.12. The molecule has 0 radical (unpaired) electrons. The van der Waals surface area contributed by atoms with Crippen LogP contribution < -0.4 is 9.62 Å². The second-order valence-corrected chi connectivity index (χ2v) is 11.6. The molecule has 5 rings (SSSR count). The Morgan fingerprint density at radius 1 is 0.900 bits per heavy atom. The van der Waals surface area contributed by atoms with Gasteiger partial charge in [-0.3, -0.25) is 29.9 Å². The molecule has 0 bridgehead atoms. The molecule has 2 heterocycles. The molecule has 14 heteroatoms. The van der Waals surface area contributed by atoms with Crippen molar-refractivity contribution in [2.24, 2.45) is 0 Å². The van der Waals surface area contributed by atoms with E-state index in [-0.39, 0.29) is 21.4 Å². The molecule has 1 N–H and O–H groups in total. The van der Waals surface area contributed by atoms with Gasteiger partial charge in [0.2, 0.25) is 0 Å². The summed E-state index contributed by atoms with van der Waals surface area (Å²) in [4.78, 5) is 30.0. The second-order valence-electron chi connectivity index (χ2n) is 9.11. The SMILES string of the molecule is O=[N+]([O-])c1cccc(CN2CCN(c3ccc(S(=O)(=O)Nc4nc(-c5ccccc5)cs4)cc3[N+](=O)[O-])CC2)c1. The molecule has 0 unspecified atom stereocenters. The number of piperazine rings is 1. The Kier molecular flexibility index (Phi) is 7.73. The maximum absolute atomic E-state index is 13.1. The van der Waals surface area contributed by atoms with E-state index in [1.165, 1.54) is 18.2 Å². The molecule has 0 saturated carbocycles. The molecule has 1 saturated heterocycles. The summed E-state index contributed by atoms with van der Waals surface area (Å²) in [6.07, 6.45) is 0. The van der Waals surface area contributed by atoms with Crippen LogP contribution in [0, 0.1) is 20.2 Å². The first kappa shape index (κ1) is 27.2. The van der Waals surface area contributed by atoms with E-state index in [4.69, 9.17) is 0 Å². The highest BCUT2D eigenvalue weighted by atomic mass is 32.2. The van der Waals surface area contributed by atoms with Crippen LogP contribution >= 0.6 is 11.3 Å². The molecule has 1 aliphatic rings. The third kappa shape index (κ3) is 6.09. The highest BCUT2D eigenvalue weighted by Gasteiger charge is 2.27. The topological polar surface area (TPSA) is 152 Å². The van der Waals surface area contributed by atoms with E-state index < -0.39 is 19.9 Å². The minimum Gasteiger partial charge on any atom is -0.363 e. The number of nitrogens with one attached hydrogen (secondary N) is 1. The standard InChI is InChI=1S/C26H24N6O6S2/c33-31(34)21-8-4-5-19(15-21)17-29-11-13-30(14-12-29)24-10-9-22(16-25(24)32(35)36)40(37,38)28-26-27-23(18-39-26)20-6-2-1-3-7-20/h1-10,15-16,18H,11-14,17H2,(H,27,28). The number of rotatable bonds is 9. The zero-order chi connectivity index (χ0) is 28.3. The number of aromatic nitrogens is 1. The molecule has 0 atom stereocenters. The number of non-ortho nitro benzene ring substituents is 1. The molecule has 1 aromatic heterocycles. The van der Waals surface area contributed by atoms with Crippen molar-refractivity contribution >= 4 is 43.6 Å². The molecule has 1 aliphatic heterocycles. The smallest absolute Gasteiger partial charge is 0.293 e. The maximum Gasteiger partial charge on any atom is 0.293 e. The van der Waals surface area contributed by atoms with Gasteiger partial charge < -0.3 is 4.90 Å². The number of thiazole rings is 1. The van der Waals surface area contributed by atoms with Gasteiger partial charge in [-0.1, -0.05) is 42.5 Å². The molecular formula is C26H24N6O6S2. The van der Waals surface area contributed by atoms with Crippen molar-refractivity contribution in [1.29, 1.82) is 0 Å². The first-order chi connectivity index (χ1) is 19.2. The molecule has 4 aromatic rings. The minimum absolute atomic E-state index is 0.0304. The fraction of sp³-hybridized carbons (Fsp3) is 0.192. The van der Waals surface area contributed by atoms with E-state index in [9.17, 15) is 28.6 Å². The molecule has 3 aromatic carbocycles. The lowest BCUT2D eigenvalue weighted by molar-refractivity contribution is -0.385. The molecular weight excluding hydrogens is 556 g/mol. The highest BCUT2D eigenvalue weighted by molar-refractivity contribution is 7.93. The Morgan fingerprint density at radius 2 is 1.65 bits per heavy atom. The van der Waals surface area contributed by atoms with E-state index >= 15 is 0 Å². The number of benzene rings is 3. The van der Waals surface area contributed by atoms with Gasteiger partial charge in [0.25, 0.3) is 21.4 Å². The van der Waals surface area contributed by atoms with E-state index in [2.05, 4.69) is 14.6 Å². The number of nitro groups is 2. The number of nitrogens with zero attached hydrogens (tertiary/aromatic N) is 5. The van der Waals surface area contributed by atoms with E-state index in [0.29, 0.717) is 44.1 Å². The van der Waals surface area contributed by atoms with Crippen molar-refractivity contribution in [2.75, 3.05) is 35.8 Å². The van der Waals surface area contributed by atoms with Crippen LogP contribution in [-0.4, -0.2) is 54.3 Å². The van der Waals surface area contributed by atoms with Gasteiger partial charge in [-0.25, -0.2) is 13.4 Å². The first-order valence-corrected chi connectivity index (χ1v) is 14.6. The number of hydrogen-bond acceptors (Lipinski definition) is 10. The average Bonchev–Trinajstić information content (AvgIpc) is 3.41. The second kappa shape index (κ2) is 11.4. The molecule has 40 heavy (non-hydrogen) atoms. The lowest BCUT2D eigenvalue weighted by Crippen LogP contribution is -2.46.